The molecule has 0 aliphatic carbocycles. The lowest BCUT2D eigenvalue weighted by molar-refractivity contribution is -0.144. The van der Waals surface area contributed by atoms with Crippen LogP contribution in [0.3, 0.4) is 0 Å². The number of alkyl halides is 1. The fraction of sp³-hybridized carbons (Fsp3) is 0.900. The van der Waals surface area contributed by atoms with E-state index in [-0.39, 0.29) is 12.6 Å². The van der Waals surface area contributed by atoms with Crippen molar-refractivity contribution in [1.29, 1.82) is 0 Å². The van der Waals surface area contributed by atoms with Crippen LogP contribution in [0, 0.1) is 0 Å². The summed E-state index contributed by atoms with van der Waals surface area (Å²) in [6, 6.07) is 0. The van der Waals surface area contributed by atoms with Crippen molar-refractivity contribution in [2.75, 3.05) is 13.3 Å². The largest absolute Gasteiger partial charge is 0.463 e. The predicted molar refractivity (Wildman–Crippen MR) is 50.3 cm³/mol. The number of carbonyl (C=O) groups is 1. The fourth-order valence-electron chi connectivity index (χ4n) is 1.10. The maximum absolute atomic E-state index is 11.6. The minimum atomic E-state index is -0.582. The molecule has 0 aromatic heterocycles. The van der Waals surface area contributed by atoms with Gasteiger partial charge in [0.2, 0.25) is 0 Å². The fourth-order valence-corrected chi connectivity index (χ4v) is 1.10. The van der Waals surface area contributed by atoms with Crippen LogP contribution in [-0.2, 0) is 9.53 Å². The Labute approximate surface area is 79.5 Å². The van der Waals surface area contributed by atoms with E-state index in [1.807, 2.05) is 0 Å². The number of halogens is 1. The molecule has 0 rings (SSSR count). The van der Waals surface area contributed by atoms with E-state index in [4.69, 9.17) is 0 Å². The third kappa shape index (κ3) is 9.31. The van der Waals surface area contributed by atoms with Crippen molar-refractivity contribution in [3.8, 4) is 0 Å². The van der Waals surface area contributed by atoms with Crippen molar-refractivity contribution >= 4 is 5.97 Å². The first-order valence-corrected chi connectivity index (χ1v) is 5.02. The molecule has 2 nitrogen and oxygen atoms in total. The highest BCUT2D eigenvalue weighted by atomic mass is 19.1. The second kappa shape index (κ2) is 9.49. The van der Waals surface area contributed by atoms with Crippen LogP contribution >= 0.6 is 0 Å². The number of hydrogen-bond donors (Lipinski definition) is 0. The SMILES string of the molecule is CCCCCCCC(=O)OCCF. The summed E-state index contributed by atoms with van der Waals surface area (Å²) >= 11 is 0. The molecule has 0 fully saturated rings. The number of carbonyl (C=O) groups excluding carboxylic acids is 1. The van der Waals surface area contributed by atoms with Gasteiger partial charge in [-0.05, 0) is 6.42 Å². The van der Waals surface area contributed by atoms with Crippen molar-refractivity contribution in [3.05, 3.63) is 0 Å². The van der Waals surface area contributed by atoms with Gasteiger partial charge >= 0.3 is 5.97 Å². The van der Waals surface area contributed by atoms with E-state index in [0.717, 1.165) is 12.8 Å². The van der Waals surface area contributed by atoms with Gasteiger partial charge in [-0.3, -0.25) is 4.79 Å². The van der Waals surface area contributed by atoms with E-state index in [9.17, 15) is 9.18 Å². The predicted octanol–water partition coefficient (Wildman–Crippen LogP) is 2.86. The van der Waals surface area contributed by atoms with Gasteiger partial charge in [-0.2, -0.15) is 0 Å². The molecule has 0 aromatic carbocycles. The zero-order valence-corrected chi connectivity index (χ0v) is 8.35. The van der Waals surface area contributed by atoms with Gasteiger partial charge in [-0.1, -0.05) is 32.6 Å². The molecule has 13 heavy (non-hydrogen) atoms. The number of rotatable bonds is 8. The van der Waals surface area contributed by atoms with E-state index in [2.05, 4.69) is 11.7 Å². The van der Waals surface area contributed by atoms with E-state index in [0.29, 0.717) is 6.42 Å². The van der Waals surface area contributed by atoms with Crippen molar-refractivity contribution in [1.82, 2.24) is 0 Å². The van der Waals surface area contributed by atoms with Gasteiger partial charge in [-0.15, -0.1) is 0 Å². The molecule has 0 bridgehead atoms. The van der Waals surface area contributed by atoms with Crippen molar-refractivity contribution in [3.63, 3.8) is 0 Å². The monoisotopic (exact) mass is 190 g/mol. The molecule has 0 heterocycles. The molecule has 0 atom stereocenters. The summed E-state index contributed by atoms with van der Waals surface area (Å²) in [7, 11) is 0. The molecule has 0 aliphatic heterocycles. The lowest BCUT2D eigenvalue weighted by Crippen LogP contribution is -2.06. The van der Waals surface area contributed by atoms with Crippen molar-refractivity contribution in [2.24, 2.45) is 0 Å². The summed E-state index contributed by atoms with van der Waals surface area (Å²) in [6.45, 7) is 1.48. The second-order valence-corrected chi connectivity index (χ2v) is 3.07. The highest BCUT2D eigenvalue weighted by Crippen LogP contribution is 2.05. The Morgan fingerprint density at radius 3 is 2.54 bits per heavy atom. The summed E-state index contributed by atoms with van der Waals surface area (Å²) in [6.07, 6.45) is 5.96. The Morgan fingerprint density at radius 2 is 1.92 bits per heavy atom. The van der Waals surface area contributed by atoms with E-state index >= 15 is 0 Å². The van der Waals surface area contributed by atoms with Gasteiger partial charge in [0, 0.05) is 6.42 Å². The molecule has 0 radical (unpaired) electrons. The lowest BCUT2D eigenvalue weighted by atomic mass is 10.1. The van der Waals surface area contributed by atoms with E-state index < -0.39 is 6.67 Å². The first-order valence-electron chi connectivity index (χ1n) is 5.02. The van der Waals surface area contributed by atoms with Crippen LogP contribution in [0.15, 0.2) is 0 Å². The second-order valence-electron chi connectivity index (χ2n) is 3.07. The normalized spacial score (nSPS) is 10.0. The summed E-state index contributed by atoms with van der Waals surface area (Å²) in [4.78, 5) is 10.8. The van der Waals surface area contributed by atoms with E-state index in [1.165, 1.54) is 19.3 Å². The minimum Gasteiger partial charge on any atom is -0.463 e. The number of esters is 1. The van der Waals surface area contributed by atoms with Crippen LogP contribution < -0.4 is 0 Å². The Hall–Kier alpha value is -0.600. The smallest absolute Gasteiger partial charge is 0.305 e. The minimum absolute atomic E-state index is 0.0895. The molecular formula is C10H19FO2. The molecule has 0 spiro atoms. The first-order chi connectivity index (χ1) is 6.31. The maximum atomic E-state index is 11.6. The molecule has 0 saturated carbocycles. The molecule has 0 amide bonds. The molecular weight excluding hydrogens is 171 g/mol. The van der Waals surface area contributed by atoms with Gasteiger partial charge in [0.05, 0.1) is 0 Å². The lowest BCUT2D eigenvalue weighted by Gasteiger charge is -2.01. The van der Waals surface area contributed by atoms with Gasteiger partial charge < -0.3 is 4.74 Å². The zero-order valence-electron chi connectivity index (χ0n) is 8.35. The summed E-state index contributed by atoms with van der Waals surface area (Å²) < 4.78 is 16.1. The van der Waals surface area contributed by atoms with Crippen molar-refractivity contribution in [2.45, 2.75) is 45.4 Å². The average Bonchev–Trinajstić information content (AvgIpc) is 2.14. The molecule has 0 aromatic rings. The Balaban J connectivity index is 3.08. The highest BCUT2D eigenvalue weighted by molar-refractivity contribution is 5.69. The van der Waals surface area contributed by atoms with E-state index in [1.54, 1.807) is 0 Å². The first kappa shape index (κ1) is 12.4. The topological polar surface area (TPSA) is 26.3 Å². The van der Waals surface area contributed by atoms with Crippen LogP contribution in [0.4, 0.5) is 4.39 Å². The quantitative estimate of drug-likeness (QED) is 0.434. The van der Waals surface area contributed by atoms with Crippen LogP contribution in [0.2, 0.25) is 0 Å². The average molecular weight is 190 g/mol. The highest BCUT2D eigenvalue weighted by Gasteiger charge is 2.01. The number of unbranched alkanes of at least 4 members (excludes halogenated alkanes) is 4. The standard InChI is InChI=1S/C10H19FO2/c1-2-3-4-5-6-7-10(12)13-9-8-11/h2-9H2,1H3. The summed E-state index contributed by atoms with van der Waals surface area (Å²) in [5, 5.41) is 0. The number of hydrogen-bond acceptors (Lipinski definition) is 2. The van der Waals surface area contributed by atoms with Gasteiger partial charge in [0.25, 0.3) is 0 Å². The molecule has 3 heteroatoms. The van der Waals surface area contributed by atoms with Crippen LogP contribution in [-0.4, -0.2) is 19.3 Å². The van der Waals surface area contributed by atoms with Gasteiger partial charge in [0.1, 0.15) is 13.3 Å². The van der Waals surface area contributed by atoms with Crippen LogP contribution in [0.25, 0.3) is 0 Å². The third-order valence-electron chi connectivity index (χ3n) is 1.82. The summed E-state index contributed by atoms with van der Waals surface area (Å²) in [5.41, 5.74) is 0. The van der Waals surface area contributed by atoms with Crippen molar-refractivity contribution < 1.29 is 13.9 Å². The molecule has 0 N–H and O–H groups in total. The number of ether oxygens (including phenoxy) is 1. The maximum Gasteiger partial charge on any atom is 0.305 e. The Morgan fingerprint density at radius 1 is 1.23 bits per heavy atom. The van der Waals surface area contributed by atoms with Gasteiger partial charge in [-0.25, -0.2) is 4.39 Å². The Kier molecular flexibility index (Phi) is 9.05. The summed E-state index contributed by atoms with van der Waals surface area (Å²) in [5.74, 6) is -0.269. The van der Waals surface area contributed by atoms with Crippen LogP contribution in [0.5, 0.6) is 0 Å². The van der Waals surface area contributed by atoms with Gasteiger partial charge in [0.15, 0.2) is 0 Å². The van der Waals surface area contributed by atoms with Crippen LogP contribution in [0.1, 0.15) is 45.4 Å². The molecule has 0 unspecified atom stereocenters. The zero-order chi connectivity index (χ0) is 9.94. The molecule has 0 aliphatic rings. The third-order valence-corrected chi connectivity index (χ3v) is 1.82. The molecule has 0 saturated heterocycles. The molecule has 78 valence electrons. The Bertz CT molecular complexity index is 126.